The molecule has 0 radical (unpaired) electrons. The summed E-state index contributed by atoms with van der Waals surface area (Å²) in [5, 5.41) is 0. The number of alkyl halides is 1. The summed E-state index contributed by atoms with van der Waals surface area (Å²) in [6.07, 6.45) is 9.98. The highest BCUT2D eigenvalue weighted by Gasteiger charge is 2.11. The molecule has 4 nitrogen and oxygen atoms in total. The molecule has 210 valence electrons. The summed E-state index contributed by atoms with van der Waals surface area (Å²) in [6, 6.07) is 22.1. The first kappa shape index (κ1) is 30.2. The van der Waals surface area contributed by atoms with Crippen LogP contribution in [0.5, 0.6) is 17.2 Å². The monoisotopic (exact) mass is 534 g/mol. The fourth-order valence-corrected chi connectivity index (χ4v) is 4.27. The maximum atomic E-state index is 13.9. The van der Waals surface area contributed by atoms with Crippen molar-refractivity contribution in [3.05, 3.63) is 78.4 Å². The van der Waals surface area contributed by atoms with Crippen molar-refractivity contribution in [1.82, 2.24) is 0 Å². The summed E-state index contributed by atoms with van der Waals surface area (Å²) in [4.78, 5) is 12.6. The average molecular weight is 535 g/mol. The first-order chi connectivity index (χ1) is 19.1. The third kappa shape index (κ3) is 11.1. The van der Waals surface area contributed by atoms with Crippen LogP contribution in [-0.4, -0.2) is 25.4 Å². The lowest BCUT2D eigenvalue weighted by atomic mass is 10.1. The van der Waals surface area contributed by atoms with Crippen molar-refractivity contribution in [2.75, 3.05) is 13.2 Å². The van der Waals surface area contributed by atoms with E-state index in [1.807, 2.05) is 36.4 Å². The zero-order valence-electron chi connectivity index (χ0n) is 23.5. The molecule has 0 aliphatic carbocycles. The van der Waals surface area contributed by atoms with E-state index < -0.39 is 12.1 Å². The fraction of sp³-hybridized carbons (Fsp3) is 0.441. The van der Waals surface area contributed by atoms with Crippen molar-refractivity contribution in [3.8, 4) is 28.4 Å². The Morgan fingerprint density at radius 2 is 1.15 bits per heavy atom. The van der Waals surface area contributed by atoms with Gasteiger partial charge >= 0.3 is 5.97 Å². The lowest BCUT2D eigenvalue weighted by Gasteiger charge is -2.11. The second-order valence-corrected chi connectivity index (χ2v) is 9.98. The quantitative estimate of drug-likeness (QED) is 0.0926. The zero-order chi connectivity index (χ0) is 27.7. The fourth-order valence-electron chi connectivity index (χ4n) is 4.27. The number of halogens is 1. The van der Waals surface area contributed by atoms with Crippen LogP contribution in [0.2, 0.25) is 0 Å². The van der Waals surface area contributed by atoms with Crippen LogP contribution in [0.4, 0.5) is 4.39 Å². The molecule has 1 atom stereocenters. The summed E-state index contributed by atoms with van der Waals surface area (Å²) < 4.78 is 30.8. The molecule has 1 unspecified atom stereocenters. The number of hydrogen-bond donors (Lipinski definition) is 0. The second kappa shape index (κ2) is 17.3. The van der Waals surface area contributed by atoms with Gasteiger partial charge in [-0.3, -0.25) is 0 Å². The second-order valence-electron chi connectivity index (χ2n) is 9.98. The van der Waals surface area contributed by atoms with Crippen molar-refractivity contribution >= 4 is 5.97 Å². The highest BCUT2D eigenvalue weighted by Crippen LogP contribution is 2.25. The molecule has 0 aliphatic rings. The van der Waals surface area contributed by atoms with Gasteiger partial charge in [0.25, 0.3) is 0 Å². The van der Waals surface area contributed by atoms with Gasteiger partial charge in [-0.2, -0.15) is 0 Å². The van der Waals surface area contributed by atoms with Gasteiger partial charge < -0.3 is 14.2 Å². The van der Waals surface area contributed by atoms with Gasteiger partial charge in [0.05, 0.1) is 12.2 Å². The van der Waals surface area contributed by atoms with E-state index in [4.69, 9.17) is 14.2 Å². The van der Waals surface area contributed by atoms with Crippen molar-refractivity contribution < 1.29 is 23.4 Å². The Balaban J connectivity index is 1.42. The SMILES string of the molecule is CCCCCCCCOc1ccc(-c2ccc(OC(=O)c3ccc(OCC(F)CCCCC)cc3)cc2)cc1. The number of ether oxygens (including phenoxy) is 3. The Hall–Kier alpha value is -3.34. The van der Waals surface area contributed by atoms with Crippen molar-refractivity contribution in [2.45, 2.75) is 84.2 Å². The number of benzene rings is 3. The molecule has 0 bridgehead atoms. The number of carbonyl (C=O) groups excluding carboxylic acids is 1. The van der Waals surface area contributed by atoms with E-state index in [0.717, 1.165) is 49.2 Å². The van der Waals surface area contributed by atoms with Gasteiger partial charge in [0.15, 0.2) is 0 Å². The molecule has 0 N–H and O–H groups in total. The van der Waals surface area contributed by atoms with Crippen LogP contribution < -0.4 is 14.2 Å². The van der Waals surface area contributed by atoms with Crippen molar-refractivity contribution in [2.24, 2.45) is 0 Å². The van der Waals surface area contributed by atoms with Crippen LogP contribution in [0.1, 0.15) is 88.4 Å². The van der Waals surface area contributed by atoms with E-state index >= 15 is 0 Å². The van der Waals surface area contributed by atoms with E-state index in [1.165, 1.54) is 32.1 Å². The third-order valence-electron chi connectivity index (χ3n) is 6.66. The number of unbranched alkanes of at least 4 members (excludes halogenated alkanes) is 7. The van der Waals surface area contributed by atoms with Crippen LogP contribution in [-0.2, 0) is 0 Å². The Labute approximate surface area is 233 Å². The van der Waals surface area contributed by atoms with Gasteiger partial charge in [-0.05, 0) is 72.5 Å². The Bertz CT molecular complexity index is 1080. The minimum atomic E-state index is -0.981. The molecule has 0 fully saturated rings. The van der Waals surface area contributed by atoms with Gasteiger partial charge in [-0.1, -0.05) is 89.5 Å². The van der Waals surface area contributed by atoms with E-state index in [2.05, 4.69) is 13.8 Å². The molecule has 0 saturated heterocycles. The van der Waals surface area contributed by atoms with Crippen LogP contribution >= 0.6 is 0 Å². The van der Waals surface area contributed by atoms with E-state index in [0.29, 0.717) is 23.5 Å². The van der Waals surface area contributed by atoms with Gasteiger partial charge in [-0.25, -0.2) is 9.18 Å². The summed E-state index contributed by atoms with van der Waals surface area (Å²) in [5.74, 6) is 1.43. The van der Waals surface area contributed by atoms with Crippen LogP contribution in [0.15, 0.2) is 72.8 Å². The predicted molar refractivity (Wildman–Crippen MR) is 157 cm³/mol. The minimum Gasteiger partial charge on any atom is -0.494 e. The van der Waals surface area contributed by atoms with E-state index in [1.54, 1.807) is 36.4 Å². The first-order valence-corrected chi connectivity index (χ1v) is 14.5. The summed E-state index contributed by atoms with van der Waals surface area (Å²) in [5.41, 5.74) is 2.50. The number of carbonyl (C=O) groups is 1. The molecule has 3 aromatic carbocycles. The molecule has 0 heterocycles. The number of rotatable bonds is 18. The third-order valence-corrected chi connectivity index (χ3v) is 6.66. The van der Waals surface area contributed by atoms with Crippen LogP contribution in [0.3, 0.4) is 0 Å². The highest BCUT2D eigenvalue weighted by atomic mass is 19.1. The molecular weight excluding hydrogens is 491 g/mol. The van der Waals surface area contributed by atoms with Gasteiger partial charge in [0.1, 0.15) is 30.0 Å². The molecule has 5 heteroatoms. The molecular formula is C34H43FO4. The van der Waals surface area contributed by atoms with Crippen molar-refractivity contribution in [1.29, 1.82) is 0 Å². The highest BCUT2D eigenvalue weighted by molar-refractivity contribution is 5.91. The molecule has 0 aliphatic heterocycles. The smallest absolute Gasteiger partial charge is 0.343 e. The summed E-state index contributed by atoms with van der Waals surface area (Å²) in [6.45, 7) is 5.10. The first-order valence-electron chi connectivity index (χ1n) is 14.5. The molecule has 39 heavy (non-hydrogen) atoms. The lowest BCUT2D eigenvalue weighted by Crippen LogP contribution is -2.13. The minimum absolute atomic E-state index is 0.0226. The predicted octanol–water partition coefficient (Wildman–Crippen LogP) is 9.61. The Kier molecular flexibility index (Phi) is 13.4. The summed E-state index contributed by atoms with van der Waals surface area (Å²) in [7, 11) is 0. The number of hydrogen-bond acceptors (Lipinski definition) is 4. The molecule has 0 saturated carbocycles. The van der Waals surface area contributed by atoms with E-state index in [9.17, 15) is 9.18 Å². The number of esters is 1. The van der Waals surface area contributed by atoms with E-state index in [-0.39, 0.29) is 6.61 Å². The molecule has 0 spiro atoms. The van der Waals surface area contributed by atoms with Crippen LogP contribution in [0.25, 0.3) is 11.1 Å². The lowest BCUT2D eigenvalue weighted by molar-refractivity contribution is 0.0734. The molecule has 3 rings (SSSR count). The van der Waals surface area contributed by atoms with Crippen LogP contribution in [0, 0.1) is 0 Å². The Morgan fingerprint density at radius 3 is 1.79 bits per heavy atom. The maximum Gasteiger partial charge on any atom is 0.343 e. The summed E-state index contributed by atoms with van der Waals surface area (Å²) >= 11 is 0. The zero-order valence-corrected chi connectivity index (χ0v) is 23.5. The average Bonchev–Trinajstić information content (AvgIpc) is 2.97. The Morgan fingerprint density at radius 1 is 0.641 bits per heavy atom. The standard InChI is InChI=1S/C34H43FO4/c1-3-5-7-8-9-11-25-37-31-19-13-27(14-20-31)28-15-23-33(24-16-28)39-34(36)29-17-21-32(22-18-29)38-26-30(35)12-10-6-4-2/h13-24,30H,3-12,25-26H2,1-2H3. The van der Waals surface area contributed by atoms with Gasteiger partial charge in [-0.15, -0.1) is 0 Å². The largest absolute Gasteiger partial charge is 0.494 e. The van der Waals surface area contributed by atoms with Crippen molar-refractivity contribution in [3.63, 3.8) is 0 Å². The maximum absolute atomic E-state index is 13.9. The normalized spacial score (nSPS) is 11.7. The topological polar surface area (TPSA) is 44.8 Å². The molecule has 3 aromatic rings. The molecule has 0 amide bonds. The molecule has 0 aromatic heterocycles. The van der Waals surface area contributed by atoms with Gasteiger partial charge in [0, 0.05) is 0 Å². The van der Waals surface area contributed by atoms with Gasteiger partial charge in [0.2, 0.25) is 0 Å².